The molecule has 2 atom stereocenters. The quantitative estimate of drug-likeness (QED) is 0.858. The molecule has 1 N–H and O–H groups in total. The van der Waals surface area contributed by atoms with Crippen molar-refractivity contribution in [3.05, 3.63) is 69.4 Å². The van der Waals surface area contributed by atoms with Crippen LogP contribution in [0.25, 0.3) is 0 Å². The molecule has 0 spiro atoms. The summed E-state index contributed by atoms with van der Waals surface area (Å²) in [5, 5.41) is 10.6. The van der Waals surface area contributed by atoms with E-state index in [1.54, 1.807) is 6.07 Å². The van der Waals surface area contributed by atoms with Crippen molar-refractivity contribution >= 4 is 15.9 Å². The van der Waals surface area contributed by atoms with Crippen LogP contribution in [0.4, 0.5) is 4.39 Å². The first-order valence-electron chi connectivity index (χ1n) is 7.35. The van der Waals surface area contributed by atoms with E-state index in [0.29, 0.717) is 12.0 Å². The minimum Gasteiger partial charge on any atom is -0.392 e. The first-order chi connectivity index (χ1) is 10.1. The molecule has 3 rings (SSSR count). The molecule has 0 saturated carbocycles. The van der Waals surface area contributed by atoms with Crippen LogP contribution in [0, 0.1) is 5.82 Å². The molecule has 0 aromatic heterocycles. The van der Waals surface area contributed by atoms with E-state index in [-0.39, 0.29) is 11.7 Å². The number of hydrogen-bond acceptors (Lipinski definition) is 1. The maximum Gasteiger partial charge on any atom is 0.127 e. The lowest BCUT2D eigenvalue weighted by Crippen LogP contribution is -2.25. The normalized spacial score (nSPS) is 19.1. The molecule has 1 aliphatic carbocycles. The van der Waals surface area contributed by atoms with Gasteiger partial charge in [-0.1, -0.05) is 46.3 Å². The first-order valence-corrected chi connectivity index (χ1v) is 8.14. The molecule has 0 radical (unpaired) electrons. The molecule has 0 aliphatic heterocycles. The topological polar surface area (TPSA) is 20.2 Å². The van der Waals surface area contributed by atoms with Crippen molar-refractivity contribution < 1.29 is 9.50 Å². The number of fused-ring (bicyclic) bond motifs is 1. The number of benzene rings is 2. The number of halogens is 2. The molecule has 110 valence electrons. The Morgan fingerprint density at radius 3 is 2.86 bits per heavy atom. The minimum absolute atomic E-state index is 0.109. The maximum atomic E-state index is 13.9. The highest BCUT2D eigenvalue weighted by atomic mass is 79.9. The van der Waals surface area contributed by atoms with Gasteiger partial charge >= 0.3 is 0 Å². The van der Waals surface area contributed by atoms with Crippen molar-refractivity contribution in [2.45, 2.75) is 37.7 Å². The number of aliphatic hydroxyl groups is 1. The van der Waals surface area contributed by atoms with Crippen molar-refractivity contribution in [3.8, 4) is 0 Å². The summed E-state index contributed by atoms with van der Waals surface area (Å²) in [5.41, 5.74) is 3.13. The lowest BCUT2D eigenvalue weighted by molar-refractivity contribution is 0.133. The average Bonchev–Trinajstić information content (AvgIpc) is 2.49. The Morgan fingerprint density at radius 1 is 1.24 bits per heavy atom. The van der Waals surface area contributed by atoms with E-state index in [1.807, 2.05) is 18.2 Å². The van der Waals surface area contributed by atoms with Crippen molar-refractivity contribution in [1.29, 1.82) is 0 Å². The van der Waals surface area contributed by atoms with Crippen LogP contribution in [0.5, 0.6) is 0 Å². The monoisotopic (exact) mass is 348 g/mol. The average molecular weight is 349 g/mol. The van der Waals surface area contributed by atoms with Crippen LogP contribution in [-0.2, 0) is 12.8 Å². The van der Waals surface area contributed by atoms with E-state index < -0.39 is 6.10 Å². The highest BCUT2D eigenvalue weighted by molar-refractivity contribution is 9.10. The molecule has 0 heterocycles. The SMILES string of the molecule is OC(Cc1ccc(Br)cc1F)C1CCCc2ccccc21. The van der Waals surface area contributed by atoms with Gasteiger partial charge in [-0.2, -0.15) is 0 Å². The summed E-state index contributed by atoms with van der Waals surface area (Å²) in [5.74, 6) is -0.148. The van der Waals surface area contributed by atoms with Crippen LogP contribution >= 0.6 is 15.9 Å². The van der Waals surface area contributed by atoms with E-state index in [0.717, 1.165) is 23.7 Å². The van der Waals surface area contributed by atoms with Gasteiger partial charge in [0, 0.05) is 16.8 Å². The van der Waals surface area contributed by atoms with Crippen molar-refractivity contribution in [2.24, 2.45) is 0 Å². The van der Waals surface area contributed by atoms with Crippen LogP contribution in [-0.4, -0.2) is 11.2 Å². The third kappa shape index (κ3) is 3.19. The van der Waals surface area contributed by atoms with Gasteiger partial charge in [0.1, 0.15) is 5.82 Å². The van der Waals surface area contributed by atoms with Gasteiger partial charge < -0.3 is 5.11 Å². The van der Waals surface area contributed by atoms with E-state index >= 15 is 0 Å². The minimum atomic E-state index is -0.540. The summed E-state index contributed by atoms with van der Waals surface area (Å²) in [6.45, 7) is 0. The highest BCUT2D eigenvalue weighted by Gasteiger charge is 2.27. The van der Waals surface area contributed by atoms with Crippen LogP contribution < -0.4 is 0 Å². The van der Waals surface area contributed by atoms with Gasteiger partial charge in [-0.25, -0.2) is 4.39 Å². The molecular formula is C18H18BrFO. The third-order valence-electron chi connectivity index (χ3n) is 4.32. The van der Waals surface area contributed by atoms with E-state index in [4.69, 9.17) is 0 Å². The van der Waals surface area contributed by atoms with Gasteiger partial charge in [0.15, 0.2) is 0 Å². The van der Waals surface area contributed by atoms with Gasteiger partial charge in [-0.15, -0.1) is 0 Å². The second-order valence-electron chi connectivity index (χ2n) is 5.70. The lowest BCUT2D eigenvalue weighted by atomic mass is 9.78. The molecule has 2 unspecified atom stereocenters. The van der Waals surface area contributed by atoms with Gasteiger partial charge in [0.2, 0.25) is 0 Å². The van der Waals surface area contributed by atoms with Gasteiger partial charge in [-0.3, -0.25) is 0 Å². The Kier molecular flexibility index (Phi) is 4.41. The fourth-order valence-electron chi connectivity index (χ4n) is 3.25. The molecule has 1 nitrogen and oxygen atoms in total. The van der Waals surface area contributed by atoms with Crippen LogP contribution in [0.2, 0.25) is 0 Å². The summed E-state index contributed by atoms with van der Waals surface area (Å²) >= 11 is 3.26. The molecule has 0 bridgehead atoms. The molecule has 21 heavy (non-hydrogen) atoms. The predicted octanol–water partition coefficient (Wildman–Crippen LogP) is 4.61. The van der Waals surface area contributed by atoms with Crippen LogP contribution in [0.1, 0.15) is 35.4 Å². The standard InChI is InChI=1S/C18H18BrFO/c19-14-9-8-13(17(20)11-14)10-18(21)16-7-3-5-12-4-1-2-6-15(12)16/h1-2,4,6,8-9,11,16,18,21H,3,5,7,10H2. The smallest absolute Gasteiger partial charge is 0.127 e. The molecule has 2 aromatic carbocycles. The van der Waals surface area contributed by atoms with Crippen LogP contribution in [0.3, 0.4) is 0 Å². The first kappa shape index (κ1) is 14.7. The van der Waals surface area contributed by atoms with E-state index in [2.05, 4.69) is 28.1 Å². The summed E-state index contributed by atoms with van der Waals surface area (Å²) < 4.78 is 14.7. The predicted molar refractivity (Wildman–Crippen MR) is 85.9 cm³/mol. The Hall–Kier alpha value is -1.19. The fourth-order valence-corrected chi connectivity index (χ4v) is 3.58. The highest BCUT2D eigenvalue weighted by Crippen LogP contribution is 2.35. The Labute approximate surface area is 132 Å². The van der Waals surface area contributed by atoms with Crippen LogP contribution in [0.15, 0.2) is 46.9 Å². The molecule has 3 heteroatoms. The molecule has 1 aliphatic rings. The molecule has 0 fully saturated rings. The number of aryl methyl sites for hydroxylation is 1. The number of aliphatic hydroxyl groups excluding tert-OH is 1. The van der Waals surface area contributed by atoms with E-state index in [1.165, 1.54) is 17.2 Å². The van der Waals surface area contributed by atoms with Crippen molar-refractivity contribution in [1.82, 2.24) is 0 Å². The lowest BCUT2D eigenvalue weighted by Gasteiger charge is -2.29. The number of hydrogen-bond donors (Lipinski definition) is 1. The zero-order valence-electron chi connectivity index (χ0n) is 11.7. The zero-order chi connectivity index (χ0) is 14.8. The number of rotatable bonds is 3. The van der Waals surface area contributed by atoms with Gasteiger partial charge in [0.25, 0.3) is 0 Å². The third-order valence-corrected chi connectivity index (χ3v) is 4.82. The molecule has 0 saturated heterocycles. The van der Waals surface area contributed by atoms with Gasteiger partial charge in [0.05, 0.1) is 6.10 Å². The largest absolute Gasteiger partial charge is 0.392 e. The van der Waals surface area contributed by atoms with Crippen molar-refractivity contribution in [2.75, 3.05) is 0 Å². The summed E-state index contributed by atoms with van der Waals surface area (Å²) in [6, 6.07) is 13.3. The Bertz CT molecular complexity index is 641. The fraction of sp³-hybridized carbons (Fsp3) is 0.333. The molecular weight excluding hydrogens is 331 g/mol. The summed E-state index contributed by atoms with van der Waals surface area (Å²) in [4.78, 5) is 0. The molecule has 2 aromatic rings. The van der Waals surface area contributed by atoms with E-state index in [9.17, 15) is 9.50 Å². The second-order valence-corrected chi connectivity index (χ2v) is 6.62. The maximum absolute atomic E-state index is 13.9. The Balaban J connectivity index is 1.81. The molecule has 0 amide bonds. The summed E-state index contributed by atoms with van der Waals surface area (Å²) in [6.07, 6.45) is 2.95. The van der Waals surface area contributed by atoms with Crippen molar-refractivity contribution in [3.63, 3.8) is 0 Å². The second kappa shape index (κ2) is 6.29. The van der Waals surface area contributed by atoms with Gasteiger partial charge in [-0.05, 0) is 48.1 Å². The Morgan fingerprint density at radius 2 is 2.05 bits per heavy atom. The zero-order valence-corrected chi connectivity index (χ0v) is 13.3. The summed E-state index contributed by atoms with van der Waals surface area (Å²) in [7, 11) is 0.